The highest BCUT2D eigenvalue weighted by atomic mass is 19.3. The molecule has 0 saturated carbocycles. The molecule has 3 nitrogen and oxygen atoms in total. The molecule has 0 spiro atoms. The number of anilines is 1. The molecule has 0 N–H and O–H groups in total. The van der Waals surface area contributed by atoms with Gasteiger partial charge in [0.2, 0.25) is 0 Å². The number of rotatable bonds is 6. The van der Waals surface area contributed by atoms with Crippen LogP contribution in [0, 0.1) is 6.92 Å². The second-order valence-corrected chi connectivity index (χ2v) is 4.55. The zero-order valence-corrected chi connectivity index (χ0v) is 11.3. The molecule has 102 valence electrons. The number of ether oxygens (including phenoxy) is 1. The summed E-state index contributed by atoms with van der Waals surface area (Å²) in [6.07, 6.45) is 0. The highest BCUT2D eigenvalue weighted by molar-refractivity contribution is 5.53. The molecular weight excluding hydrogens is 238 g/mol. The van der Waals surface area contributed by atoms with Gasteiger partial charge in [-0.3, -0.25) is 0 Å². The molecule has 1 aromatic carbocycles. The molecule has 0 unspecified atom stereocenters. The van der Waals surface area contributed by atoms with E-state index in [9.17, 15) is 8.78 Å². The van der Waals surface area contributed by atoms with Crippen molar-refractivity contribution in [3.8, 4) is 5.75 Å². The summed E-state index contributed by atoms with van der Waals surface area (Å²) in [4.78, 5) is 4.08. The summed E-state index contributed by atoms with van der Waals surface area (Å²) < 4.78 is 29.0. The molecule has 0 aromatic heterocycles. The SMILES string of the molecule is Cc1ccc(N(C)CCN(C)C)cc1OC(F)F. The lowest BCUT2D eigenvalue weighted by molar-refractivity contribution is -0.0502. The first kappa shape index (κ1) is 14.7. The average molecular weight is 258 g/mol. The van der Waals surface area contributed by atoms with Crippen molar-refractivity contribution in [2.45, 2.75) is 13.5 Å². The van der Waals surface area contributed by atoms with Gasteiger partial charge in [-0.1, -0.05) is 6.07 Å². The van der Waals surface area contributed by atoms with Crippen LogP contribution in [0.2, 0.25) is 0 Å². The predicted octanol–water partition coefficient (Wildman–Crippen LogP) is 2.59. The fourth-order valence-corrected chi connectivity index (χ4v) is 1.53. The highest BCUT2D eigenvalue weighted by Crippen LogP contribution is 2.26. The molecule has 18 heavy (non-hydrogen) atoms. The van der Waals surface area contributed by atoms with Crippen LogP contribution in [0.3, 0.4) is 0 Å². The lowest BCUT2D eigenvalue weighted by atomic mass is 10.2. The molecule has 0 fully saturated rings. The maximum atomic E-state index is 12.2. The minimum absolute atomic E-state index is 0.235. The van der Waals surface area contributed by atoms with Crippen LogP contribution >= 0.6 is 0 Å². The van der Waals surface area contributed by atoms with Gasteiger partial charge in [0, 0.05) is 31.9 Å². The van der Waals surface area contributed by atoms with Gasteiger partial charge in [-0.2, -0.15) is 8.78 Å². The van der Waals surface area contributed by atoms with E-state index < -0.39 is 6.61 Å². The lowest BCUT2D eigenvalue weighted by Gasteiger charge is -2.22. The van der Waals surface area contributed by atoms with Gasteiger partial charge < -0.3 is 14.5 Å². The van der Waals surface area contributed by atoms with Crippen LogP contribution in [-0.2, 0) is 0 Å². The highest BCUT2D eigenvalue weighted by Gasteiger charge is 2.10. The second kappa shape index (κ2) is 6.54. The van der Waals surface area contributed by atoms with Gasteiger partial charge in [0.25, 0.3) is 0 Å². The first-order chi connectivity index (χ1) is 8.40. The molecule has 0 amide bonds. The van der Waals surface area contributed by atoms with E-state index in [1.165, 1.54) is 0 Å². The van der Waals surface area contributed by atoms with Gasteiger partial charge >= 0.3 is 6.61 Å². The van der Waals surface area contributed by atoms with E-state index in [4.69, 9.17) is 0 Å². The van der Waals surface area contributed by atoms with E-state index in [0.29, 0.717) is 5.56 Å². The summed E-state index contributed by atoms with van der Waals surface area (Å²) in [7, 11) is 5.92. The molecule has 0 atom stereocenters. The Morgan fingerprint density at radius 2 is 1.83 bits per heavy atom. The molecule has 0 saturated heterocycles. The van der Waals surface area contributed by atoms with Gasteiger partial charge in [0.15, 0.2) is 0 Å². The third kappa shape index (κ3) is 4.49. The van der Waals surface area contributed by atoms with Gasteiger partial charge in [0.05, 0.1) is 0 Å². The van der Waals surface area contributed by atoms with Crippen LogP contribution < -0.4 is 9.64 Å². The Hall–Kier alpha value is -1.36. The minimum Gasteiger partial charge on any atom is -0.434 e. The summed E-state index contributed by atoms with van der Waals surface area (Å²) in [5, 5.41) is 0. The van der Waals surface area contributed by atoms with Crippen molar-refractivity contribution in [2.75, 3.05) is 39.1 Å². The normalized spacial score (nSPS) is 11.1. The second-order valence-electron chi connectivity index (χ2n) is 4.55. The maximum absolute atomic E-state index is 12.2. The zero-order chi connectivity index (χ0) is 13.7. The Balaban J connectivity index is 2.77. The first-order valence-corrected chi connectivity index (χ1v) is 5.81. The van der Waals surface area contributed by atoms with Crippen LogP contribution in [-0.4, -0.2) is 45.7 Å². The number of aryl methyl sites for hydroxylation is 1. The lowest BCUT2D eigenvalue weighted by Crippen LogP contribution is -2.28. The summed E-state index contributed by atoms with van der Waals surface area (Å²) in [5.41, 5.74) is 1.58. The van der Waals surface area contributed by atoms with Gasteiger partial charge in [-0.25, -0.2) is 0 Å². The van der Waals surface area contributed by atoms with Crippen molar-refractivity contribution in [2.24, 2.45) is 0 Å². The standard InChI is InChI=1S/C13H20F2N2O/c1-10-5-6-11(9-12(10)18-13(14)15)17(4)8-7-16(2)3/h5-6,9,13H,7-8H2,1-4H3. The summed E-state index contributed by atoms with van der Waals surface area (Å²) in [5.74, 6) is 0.235. The molecule has 0 aliphatic carbocycles. The number of halogens is 2. The van der Waals surface area contributed by atoms with E-state index in [-0.39, 0.29) is 5.75 Å². The number of hydrogen-bond donors (Lipinski definition) is 0. The van der Waals surface area contributed by atoms with Crippen LogP contribution in [0.15, 0.2) is 18.2 Å². The molecule has 0 aliphatic rings. The Labute approximate surface area is 107 Å². The van der Waals surface area contributed by atoms with Crippen molar-refractivity contribution in [1.82, 2.24) is 4.90 Å². The van der Waals surface area contributed by atoms with Crippen LogP contribution in [0.1, 0.15) is 5.56 Å². The van der Waals surface area contributed by atoms with Gasteiger partial charge in [-0.05, 0) is 32.6 Å². The Bertz CT molecular complexity index is 383. The summed E-state index contributed by atoms with van der Waals surface area (Å²) in [6, 6.07) is 5.35. The molecule has 0 heterocycles. The van der Waals surface area contributed by atoms with E-state index >= 15 is 0 Å². The first-order valence-electron chi connectivity index (χ1n) is 5.81. The number of hydrogen-bond acceptors (Lipinski definition) is 3. The largest absolute Gasteiger partial charge is 0.434 e. The molecule has 0 aliphatic heterocycles. The Morgan fingerprint density at radius 3 is 2.39 bits per heavy atom. The van der Waals surface area contributed by atoms with E-state index in [1.54, 1.807) is 19.1 Å². The van der Waals surface area contributed by atoms with Crippen LogP contribution in [0.4, 0.5) is 14.5 Å². The number of alkyl halides is 2. The topological polar surface area (TPSA) is 15.7 Å². The molecule has 0 bridgehead atoms. The molecule has 1 aromatic rings. The average Bonchev–Trinajstić information content (AvgIpc) is 2.28. The fraction of sp³-hybridized carbons (Fsp3) is 0.538. The van der Waals surface area contributed by atoms with E-state index in [2.05, 4.69) is 9.64 Å². The molecule has 1 rings (SSSR count). The number of benzene rings is 1. The zero-order valence-electron chi connectivity index (χ0n) is 11.3. The van der Waals surface area contributed by atoms with Crippen molar-refractivity contribution >= 4 is 5.69 Å². The Kier molecular flexibility index (Phi) is 5.34. The predicted molar refractivity (Wildman–Crippen MR) is 69.6 cm³/mol. The summed E-state index contributed by atoms with van der Waals surface area (Å²) >= 11 is 0. The maximum Gasteiger partial charge on any atom is 0.387 e. The van der Waals surface area contributed by atoms with Gasteiger partial charge in [-0.15, -0.1) is 0 Å². The molecular formula is C13H20F2N2O. The van der Waals surface area contributed by atoms with Gasteiger partial charge in [0.1, 0.15) is 5.75 Å². The third-order valence-electron chi connectivity index (χ3n) is 2.71. The molecule has 0 radical (unpaired) electrons. The van der Waals surface area contributed by atoms with Crippen LogP contribution in [0.5, 0.6) is 5.75 Å². The smallest absolute Gasteiger partial charge is 0.387 e. The molecule has 5 heteroatoms. The van der Waals surface area contributed by atoms with E-state index in [1.807, 2.05) is 32.1 Å². The van der Waals surface area contributed by atoms with Crippen LogP contribution in [0.25, 0.3) is 0 Å². The van der Waals surface area contributed by atoms with Crippen molar-refractivity contribution in [3.63, 3.8) is 0 Å². The Morgan fingerprint density at radius 1 is 1.17 bits per heavy atom. The third-order valence-corrected chi connectivity index (χ3v) is 2.71. The summed E-state index contributed by atoms with van der Waals surface area (Å²) in [6.45, 7) is 0.687. The quantitative estimate of drug-likeness (QED) is 0.780. The monoisotopic (exact) mass is 258 g/mol. The van der Waals surface area contributed by atoms with E-state index in [0.717, 1.165) is 18.8 Å². The fourth-order valence-electron chi connectivity index (χ4n) is 1.53. The minimum atomic E-state index is -2.79. The number of nitrogens with zero attached hydrogens (tertiary/aromatic N) is 2. The number of likely N-dealkylation sites (N-methyl/N-ethyl adjacent to an activating group) is 2. The van der Waals surface area contributed by atoms with Crippen molar-refractivity contribution in [3.05, 3.63) is 23.8 Å². The van der Waals surface area contributed by atoms with Crippen molar-refractivity contribution < 1.29 is 13.5 Å². The van der Waals surface area contributed by atoms with Crippen molar-refractivity contribution in [1.29, 1.82) is 0 Å².